The van der Waals surface area contributed by atoms with Crippen LogP contribution in [0.1, 0.15) is 39.0 Å². The molecule has 0 bridgehead atoms. The summed E-state index contributed by atoms with van der Waals surface area (Å²) in [4.78, 5) is 10.9. The number of ether oxygens (including phenoxy) is 2. The van der Waals surface area contributed by atoms with Crippen LogP contribution >= 0.6 is 0 Å². The van der Waals surface area contributed by atoms with Crippen LogP contribution in [0.25, 0.3) is 0 Å². The van der Waals surface area contributed by atoms with E-state index in [9.17, 15) is 4.79 Å². The fourth-order valence-corrected chi connectivity index (χ4v) is 1.70. The second-order valence-electron chi connectivity index (χ2n) is 4.24. The molecule has 0 radical (unpaired) electrons. The molecule has 1 fully saturated rings. The first-order chi connectivity index (χ1) is 7.72. The third-order valence-electron chi connectivity index (χ3n) is 2.78. The fourth-order valence-electron chi connectivity index (χ4n) is 1.70. The van der Waals surface area contributed by atoms with Crippen LogP contribution in [0, 0.1) is 0 Å². The summed E-state index contributed by atoms with van der Waals surface area (Å²) < 4.78 is 11.2. The summed E-state index contributed by atoms with van der Waals surface area (Å²) in [6.45, 7) is 3.44. The van der Waals surface area contributed by atoms with Crippen LogP contribution in [0.4, 0.5) is 0 Å². The van der Waals surface area contributed by atoms with Crippen molar-refractivity contribution in [2.75, 3.05) is 13.2 Å². The molecule has 16 heavy (non-hydrogen) atoms. The molecule has 5 heteroatoms. The smallest absolute Gasteiger partial charge is 0.233 e. The minimum Gasteiger partial charge on any atom is -0.376 e. The lowest BCUT2D eigenvalue weighted by molar-refractivity contribution is -0.122. The molecule has 1 amide bonds. The molecule has 1 saturated heterocycles. The third-order valence-corrected chi connectivity index (χ3v) is 2.78. The summed E-state index contributed by atoms with van der Waals surface area (Å²) in [5.41, 5.74) is 2.11. The largest absolute Gasteiger partial charge is 0.376 e. The molecule has 1 aliphatic rings. The Morgan fingerprint density at radius 1 is 1.62 bits per heavy atom. The molecule has 5 nitrogen and oxygen atoms in total. The SMILES string of the molecule is CC(CCC(=O)NN)OCC1CCCCO1. The van der Waals surface area contributed by atoms with E-state index in [1.165, 1.54) is 6.42 Å². The van der Waals surface area contributed by atoms with Crippen LogP contribution in [0.3, 0.4) is 0 Å². The standard InChI is InChI=1S/C11H22N2O3/c1-9(5-6-11(14)13-12)16-8-10-4-2-3-7-15-10/h9-10H,2-8,12H2,1H3,(H,13,14). The Morgan fingerprint density at radius 2 is 2.44 bits per heavy atom. The van der Waals surface area contributed by atoms with Crippen molar-refractivity contribution in [2.45, 2.75) is 51.2 Å². The minimum atomic E-state index is -0.149. The molecule has 1 rings (SSSR count). The topological polar surface area (TPSA) is 73.6 Å². The van der Waals surface area contributed by atoms with Crippen molar-refractivity contribution in [1.29, 1.82) is 0 Å². The van der Waals surface area contributed by atoms with Crippen molar-refractivity contribution in [3.05, 3.63) is 0 Å². The average Bonchev–Trinajstić information content (AvgIpc) is 2.34. The highest BCUT2D eigenvalue weighted by Gasteiger charge is 2.15. The van der Waals surface area contributed by atoms with E-state index in [4.69, 9.17) is 15.3 Å². The van der Waals surface area contributed by atoms with E-state index >= 15 is 0 Å². The third kappa shape index (κ3) is 5.44. The molecule has 1 heterocycles. The van der Waals surface area contributed by atoms with Gasteiger partial charge in [-0.2, -0.15) is 0 Å². The number of nitrogens with two attached hydrogens (primary N) is 1. The maximum absolute atomic E-state index is 10.9. The number of amides is 1. The Labute approximate surface area is 96.6 Å². The molecule has 0 aromatic heterocycles. The highest BCUT2D eigenvalue weighted by Crippen LogP contribution is 2.14. The number of hydrazine groups is 1. The fraction of sp³-hybridized carbons (Fsp3) is 0.909. The number of hydrogen-bond donors (Lipinski definition) is 2. The molecule has 0 aliphatic carbocycles. The summed E-state index contributed by atoms with van der Waals surface area (Å²) in [6, 6.07) is 0. The van der Waals surface area contributed by atoms with E-state index in [-0.39, 0.29) is 18.1 Å². The monoisotopic (exact) mass is 230 g/mol. The molecule has 1 aliphatic heterocycles. The predicted molar refractivity (Wildman–Crippen MR) is 60.6 cm³/mol. The highest BCUT2D eigenvalue weighted by atomic mass is 16.5. The molecule has 94 valence electrons. The first-order valence-electron chi connectivity index (χ1n) is 5.95. The van der Waals surface area contributed by atoms with Gasteiger partial charge in [-0.3, -0.25) is 10.2 Å². The van der Waals surface area contributed by atoms with Gasteiger partial charge in [-0.25, -0.2) is 5.84 Å². The quantitative estimate of drug-likeness (QED) is 0.401. The van der Waals surface area contributed by atoms with Gasteiger partial charge in [0.25, 0.3) is 0 Å². The normalized spacial score (nSPS) is 22.8. The van der Waals surface area contributed by atoms with E-state index in [1.54, 1.807) is 0 Å². The minimum absolute atomic E-state index is 0.0721. The second kappa shape index (κ2) is 7.60. The zero-order valence-electron chi connectivity index (χ0n) is 9.91. The zero-order valence-corrected chi connectivity index (χ0v) is 9.91. The van der Waals surface area contributed by atoms with Crippen molar-refractivity contribution < 1.29 is 14.3 Å². The van der Waals surface area contributed by atoms with Crippen LogP contribution < -0.4 is 11.3 Å². The Hall–Kier alpha value is -0.650. The van der Waals surface area contributed by atoms with Gasteiger partial charge in [0, 0.05) is 13.0 Å². The van der Waals surface area contributed by atoms with Gasteiger partial charge in [-0.15, -0.1) is 0 Å². The van der Waals surface area contributed by atoms with Gasteiger partial charge >= 0.3 is 0 Å². The van der Waals surface area contributed by atoms with Gasteiger partial charge in [0.15, 0.2) is 0 Å². The van der Waals surface area contributed by atoms with Gasteiger partial charge in [-0.05, 0) is 32.6 Å². The second-order valence-corrected chi connectivity index (χ2v) is 4.24. The maximum atomic E-state index is 10.9. The molecule has 2 unspecified atom stereocenters. The van der Waals surface area contributed by atoms with Crippen LogP contribution in [-0.4, -0.2) is 31.3 Å². The van der Waals surface area contributed by atoms with Crippen molar-refractivity contribution in [3.8, 4) is 0 Å². The molecular formula is C11H22N2O3. The van der Waals surface area contributed by atoms with Crippen LogP contribution in [-0.2, 0) is 14.3 Å². The summed E-state index contributed by atoms with van der Waals surface area (Å²) in [5, 5.41) is 0. The van der Waals surface area contributed by atoms with Gasteiger partial charge < -0.3 is 9.47 Å². The van der Waals surface area contributed by atoms with Crippen LogP contribution in [0.5, 0.6) is 0 Å². The van der Waals surface area contributed by atoms with Gasteiger partial charge in [0.1, 0.15) is 0 Å². The molecule has 3 N–H and O–H groups in total. The molecular weight excluding hydrogens is 208 g/mol. The molecule has 0 aromatic rings. The summed E-state index contributed by atoms with van der Waals surface area (Å²) in [6.07, 6.45) is 4.86. The van der Waals surface area contributed by atoms with Gasteiger partial charge in [0.05, 0.1) is 18.8 Å². The summed E-state index contributed by atoms with van der Waals surface area (Å²) >= 11 is 0. The van der Waals surface area contributed by atoms with Crippen molar-refractivity contribution in [3.63, 3.8) is 0 Å². The van der Waals surface area contributed by atoms with E-state index in [1.807, 2.05) is 6.92 Å². The zero-order chi connectivity index (χ0) is 11.8. The predicted octanol–water partition coefficient (Wildman–Crippen LogP) is 0.731. The number of carbonyl (C=O) groups is 1. The lowest BCUT2D eigenvalue weighted by Gasteiger charge is -2.24. The number of nitrogens with one attached hydrogen (secondary N) is 1. The average molecular weight is 230 g/mol. The number of hydrogen-bond acceptors (Lipinski definition) is 4. The Morgan fingerprint density at radius 3 is 3.06 bits per heavy atom. The van der Waals surface area contributed by atoms with E-state index in [0.29, 0.717) is 19.4 Å². The van der Waals surface area contributed by atoms with Crippen molar-refractivity contribution in [1.82, 2.24) is 5.43 Å². The lowest BCUT2D eigenvalue weighted by atomic mass is 10.1. The summed E-state index contributed by atoms with van der Waals surface area (Å²) in [5.74, 6) is 4.84. The van der Waals surface area contributed by atoms with Crippen molar-refractivity contribution in [2.24, 2.45) is 5.84 Å². The highest BCUT2D eigenvalue weighted by molar-refractivity contribution is 5.75. The van der Waals surface area contributed by atoms with Gasteiger partial charge in [0.2, 0.25) is 5.91 Å². The van der Waals surface area contributed by atoms with Crippen LogP contribution in [0.2, 0.25) is 0 Å². The van der Waals surface area contributed by atoms with E-state index in [0.717, 1.165) is 19.4 Å². The molecule has 2 atom stereocenters. The Kier molecular flexibility index (Phi) is 6.37. The van der Waals surface area contributed by atoms with E-state index < -0.39 is 0 Å². The molecule has 0 spiro atoms. The van der Waals surface area contributed by atoms with E-state index in [2.05, 4.69) is 5.43 Å². The Balaban J connectivity index is 2.04. The molecule has 0 saturated carbocycles. The van der Waals surface area contributed by atoms with Gasteiger partial charge in [-0.1, -0.05) is 0 Å². The number of rotatable bonds is 6. The first kappa shape index (κ1) is 13.4. The van der Waals surface area contributed by atoms with Crippen LogP contribution in [0.15, 0.2) is 0 Å². The first-order valence-corrected chi connectivity index (χ1v) is 5.95. The van der Waals surface area contributed by atoms with Crippen molar-refractivity contribution >= 4 is 5.91 Å². The molecule has 0 aromatic carbocycles. The Bertz CT molecular complexity index is 205. The summed E-state index contributed by atoms with van der Waals surface area (Å²) in [7, 11) is 0. The number of carbonyl (C=O) groups excluding carboxylic acids is 1. The maximum Gasteiger partial charge on any atom is 0.233 e. The lowest BCUT2D eigenvalue weighted by Crippen LogP contribution is -2.31.